The molecule has 0 N–H and O–H groups in total. The summed E-state index contributed by atoms with van der Waals surface area (Å²) in [6.07, 6.45) is 2.60. The summed E-state index contributed by atoms with van der Waals surface area (Å²) in [4.78, 5) is 47.2. The van der Waals surface area contributed by atoms with Crippen LogP contribution >= 0.6 is 0 Å². The van der Waals surface area contributed by atoms with Crippen LogP contribution in [0.3, 0.4) is 0 Å². The van der Waals surface area contributed by atoms with E-state index < -0.39 is 6.04 Å². The van der Waals surface area contributed by atoms with Crippen LogP contribution in [0.5, 0.6) is 0 Å². The minimum Gasteiger partial charge on any atom is -0.338 e. The third-order valence-electron chi connectivity index (χ3n) is 6.60. The molecule has 3 amide bonds. The number of imide groups is 1. The third kappa shape index (κ3) is 4.01. The summed E-state index contributed by atoms with van der Waals surface area (Å²) in [6, 6.07) is 6.07. The van der Waals surface area contributed by atoms with Crippen molar-refractivity contribution in [1.29, 1.82) is 0 Å². The summed E-state index contributed by atoms with van der Waals surface area (Å²) in [5.41, 5.74) is 0.792. The van der Waals surface area contributed by atoms with Gasteiger partial charge in [0.2, 0.25) is 5.91 Å². The number of hydrogen-bond donors (Lipinski definition) is 0. The molecule has 0 spiro atoms. The van der Waals surface area contributed by atoms with Gasteiger partial charge in [-0.25, -0.2) is 0 Å². The van der Waals surface area contributed by atoms with Gasteiger partial charge in [-0.1, -0.05) is 26.0 Å². The van der Waals surface area contributed by atoms with Crippen molar-refractivity contribution in [1.82, 2.24) is 19.6 Å². The van der Waals surface area contributed by atoms with Crippen LogP contribution in [-0.4, -0.2) is 95.7 Å². The maximum atomic E-state index is 13.4. The van der Waals surface area contributed by atoms with Crippen LogP contribution in [0, 0.1) is 5.92 Å². The highest BCUT2D eigenvalue weighted by molar-refractivity contribution is 6.22. The minimum absolute atomic E-state index is 0.112. The highest BCUT2D eigenvalue weighted by Crippen LogP contribution is 2.28. The average Bonchev–Trinajstić information content (AvgIpc) is 3.36. The Morgan fingerprint density at radius 2 is 1.33 bits per heavy atom. The molecule has 0 bridgehead atoms. The van der Waals surface area contributed by atoms with E-state index in [0.717, 1.165) is 26.2 Å². The van der Waals surface area contributed by atoms with Gasteiger partial charge in [-0.15, -0.1) is 0 Å². The lowest BCUT2D eigenvalue weighted by Gasteiger charge is -2.39. The summed E-state index contributed by atoms with van der Waals surface area (Å²) in [5, 5.41) is 0. The number of likely N-dealkylation sites (tertiary alicyclic amines) is 1. The molecule has 3 aliphatic heterocycles. The predicted octanol–water partition coefficient (Wildman–Crippen LogP) is 1.55. The average molecular weight is 413 g/mol. The fraction of sp³-hybridized carbons (Fsp3) is 0.609. The summed E-state index contributed by atoms with van der Waals surface area (Å²) in [5.74, 6) is -0.967. The van der Waals surface area contributed by atoms with Gasteiger partial charge in [0.15, 0.2) is 0 Å². The Morgan fingerprint density at radius 1 is 0.833 bits per heavy atom. The number of hydrogen-bond acceptors (Lipinski definition) is 5. The smallest absolute Gasteiger partial charge is 0.262 e. The van der Waals surface area contributed by atoms with Crippen LogP contribution in [0.1, 0.15) is 47.4 Å². The first-order chi connectivity index (χ1) is 14.5. The molecule has 1 aromatic rings. The minimum atomic E-state index is -0.756. The van der Waals surface area contributed by atoms with Crippen molar-refractivity contribution in [2.24, 2.45) is 5.92 Å². The second kappa shape index (κ2) is 8.86. The number of amides is 3. The van der Waals surface area contributed by atoms with E-state index in [1.807, 2.05) is 18.7 Å². The maximum absolute atomic E-state index is 13.4. The van der Waals surface area contributed by atoms with Gasteiger partial charge >= 0.3 is 0 Å². The van der Waals surface area contributed by atoms with Crippen molar-refractivity contribution >= 4 is 17.7 Å². The van der Waals surface area contributed by atoms with Gasteiger partial charge in [-0.3, -0.25) is 24.2 Å². The molecule has 162 valence electrons. The van der Waals surface area contributed by atoms with Crippen molar-refractivity contribution in [2.75, 3.05) is 52.4 Å². The molecule has 30 heavy (non-hydrogen) atoms. The molecule has 3 heterocycles. The lowest BCUT2D eigenvalue weighted by molar-refractivity contribution is -0.138. The number of rotatable bonds is 6. The normalized spacial score (nSPS) is 21.6. The van der Waals surface area contributed by atoms with Crippen molar-refractivity contribution in [3.8, 4) is 0 Å². The summed E-state index contributed by atoms with van der Waals surface area (Å²) >= 11 is 0. The molecule has 1 unspecified atom stereocenters. The first-order valence-corrected chi connectivity index (χ1v) is 11.2. The van der Waals surface area contributed by atoms with Crippen LogP contribution in [0.25, 0.3) is 0 Å². The van der Waals surface area contributed by atoms with Crippen LogP contribution < -0.4 is 0 Å². The summed E-state index contributed by atoms with van der Waals surface area (Å²) in [6.45, 7) is 11.3. The zero-order valence-electron chi connectivity index (χ0n) is 18.0. The van der Waals surface area contributed by atoms with Crippen LogP contribution in [0.4, 0.5) is 0 Å². The number of carbonyl (C=O) groups excluding carboxylic acids is 3. The largest absolute Gasteiger partial charge is 0.338 e. The first-order valence-electron chi connectivity index (χ1n) is 11.2. The Bertz CT molecular complexity index is 775. The van der Waals surface area contributed by atoms with Crippen LogP contribution in [0.2, 0.25) is 0 Å². The molecule has 0 aromatic heterocycles. The highest BCUT2D eigenvalue weighted by atomic mass is 16.2. The van der Waals surface area contributed by atoms with Gasteiger partial charge in [0.05, 0.1) is 11.1 Å². The van der Waals surface area contributed by atoms with Crippen molar-refractivity contribution in [2.45, 2.75) is 32.7 Å². The Labute approximate surface area is 178 Å². The van der Waals surface area contributed by atoms with Crippen molar-refractivity contribution in [3.63, 3.8) is 0 Å². The standard InChI is InChI=1S/C23H32N4O3/c1-17(2)20(27-21(28)18-7-3-4-8-19(18)22(27)29)23(30)26-15-13-25(14-16-26)12-11-24-9-5-6-10-24/h3-4,7-8,17,20H,5-6,9-16H2,1-2H3. The number of nitrogens with zero attached hydrogens (tertiary/aromatic N) is 4. The van der Waals surface area contributed by atoms with Crippen molar-refractivity contribution < 1.29 is 14.4 Å². The SMILES string of the molecule is CC(C)C(C(=O)N1CCN(CCN2CCCC2)CC1)N1C(=O)c2ccccc2C1=O. The monoisotopic (exact) mass is 412 g/mol. The van der Waals surface area contributed by atoms with Gasteiger partial charge in [0.25, 0.3) is 11.8 Å². The molecule has 2 fully saturated rings. The van der Waals surface area contributed by atoms with Gasteiger partial charge in [-0.05, 0) is 44.0 Å². The summed E-state index contributed by atoms with van der Waals surface area (Å²) < 4.78 is 0. The van der Waals surface area contributed by atoms with E-state index in [9.17, 15) is 14.4 Å². The zero-order chi connectivity index (χ0) is 21.3. The van der Waals surface area contributed by atoms with E-state index in [1.165, 1.54) is 30.8 Å². The maximum Gasteiger partial charge on any atom is 0.262 e. The Hall–Kier alpha value is -2.25. The molecule has 2 saturated heterocycles. The molecular formula is C23H32N4O3. The molecule has 0 radical (unpaired) electrons. The number of benzene rings is 1. The number of piperazine rings is 1. The first kappa shape index (κ1) is 21.0. The Kier molecular flexibility index (Phi) is 6.20. The van der Waals surface area contributed by atoms with E-state index in [0.29, 0.717) is 24.2 Å². The molecule has 7 heteroatoms. The molecule has 4 rings (SSSR count). The molecule has 1 atom stereocenters. The lowest BCUT2D eigenvalue weighted by Crippen LogP contribution is -2.58. The second-order valence-corrected chi connectivity index (χ2v) is 8.93. The lowest BCUT2D eigenvalue weighted by atomic mass is 10.0. The van der Waals surface area contributed by atoms with Crippen molar-refractivity contribution in [3.05, 3.63) is 35.4 Å². The van der Waals surface area contributed by atoms with Gasteiger partial charge in [-0.2, -0.15) is 0 Å². The number of carbonyl (C=O) groups is 3. The molecule has 0 aliphatic carbocycles. The Balaban J connectivity index is 1.39. The summed E-state index contributed by atoms with van der Waals surface area (Å²) in [7, 11) is 0. The van der Waals surface area contributed by atoms with Crippen LogP contribution in [-0.2, 0) is 4.79 Å². The van der Waals surface area contributed by atoms with E-state index in [1.54, 1.807) is 24.3 Å². The quantitative estimate of drug-likeness (QED) is 0.664. The van der Waals surface area contributed by atoms with E-state index in [4.69, 9.17) is 0 Å². The van der Waals surface area contributed by atoms with E-state index >= 15 is 0 Å². The highest BCUT2D eigenvalue weighted by Gasteiger charge is 2.45. The molecule has 3 aliphatic rings. The molecule has 7 nitrogen and oxygen atoms in total. The predicted molar refractivity (Wildman–Crippen MR) is 114 cm³/mol. The fourth-order valence-corrected chi connectivity index (χ4v) is 4.82. The van der Waals surface area contributed by atoms with Crippen LogP contribution in [0.15, 0.2) is 24.3 Å². The Morgan fingerprint density at radius 3 is 1.83 bits per heavy atom. The third-order valence-corrected chi connectivity index (χ3v) is 6.60. The van der Waals surface area contributed by atoms with Gasteiger partial charge in [0.1, 0.15) is 6.04 Å². The van der Waals surface area contributed by atoms with E-state index in [2.05, 4.69) is 9.80 Å². The van der Waals surface area contributed by atoms with E-state index in [-0.39, 0.29) is 23.6 Å². The molecular weight excluding hydrogens is 380 g/mol. The fourth-order valence-electron chi connectivity index (χ4n) is 4.82. The van der Waals surface area contributed by atoms with Gasteiger partial charge < -0.3 is 9.80 Å². The molecule has 1 aromatic carbocycles. The van der Waals surface area contributed by atoms with Gasteiger partial charge in [0, 0.05) is 39.3 Å². The number of fused-ring (bicyclic) bond motifs is 1. The second-order valence-electron chi connectivity index (χ2n) is 8.93. The molecule has 0 saturated carbocycles. The zero-order valence-corrected chi connectivity index (χ0v) is 18.0. The topological polar surface area (TPSA) is 64.2 Å².